The van der Waals surface area contributed by atoms with E-state index in [1.165, 1.54) is 128 Å². The average molecular weight is 1020 g/mol. The van der Waals surface area contributed by atoms with Crippen molar-refractivity contribution in [3.8, 4) is 0 Å². The quantitative estimate of drug-likeness (QED) is 0.0357. The molecule has 0 saturated heterocycles. The van der Waals surface area contributed by atoms with Gasteiger partial charge in [-0.15, -0.1) is 0 Å². The fraction of sp³-hybridized carbons (Fsp3) is 0.935. The number of unbranched alkanes of at least 4 members (excludes halogenated alkanes) is 24. The Morgan fingerprint density at radius 1 is 0.361 bits per heavy atom. The Hall–Kier alpha value is -2.20. The molecule has 10 nitrogen and oxygen atoms in total. The summed E-state index contributed by atoms with van der Waals surface area (Å²) >= 11 is 0. The maximum Gasteiger partial charge on any atom is 0.309 e. The number of ether oxygens (including phenoxy) is 4. The van der Waals surface area contributed by atoms with Crippen molar-refractivity contribution in [1.29, 1.82) is 0 Å². The number of hydrogen-bond acceptors (Lipinski definition) is 10. The van der Waals surface area contributed by atoms with E-state index in [-0.39, 0.29) is 66.4 Å². The molecule has 0 aromatic rings. The molecular weight excluding hydrogens is 903 g/mol. The predicted molar refractivity (Wildman–Crippen MR) is 296 cm³/mol. The van der Waals surface area contributed by atoms with Crippen LogP contribution in [0.15, 0.2) is 0 Å². The normalized spacial score (nSPS) is 18.2. The third kappa shape index (κ3) is 33.7. The molecule has 0 aliphatic heterocycles. The molecule has 2 rings (SSSR count). The second kappa shape index (κ2) is 46.1. The van der Waals surface area contributed by atoms with E-state index in [0.29, 0.717) is 71.1 Å². The molecule has 0 atom stereocenters. The molecule has 0 radical (unpaired) electrons. The van der Waals surface area contributed by atoms with E-state index in [4.69, 9.17) is 18.9 Å². The van der Waals surface area contributed by atoms with Crippen LogP contribution in [0.25, 0.3) is 0 Å². The monoisotopic (exact) mass is 1020 g/mol. The van der Waals surface area contributed by atoms with Crippen molar-refractivity contribution in [2.45, 2.75) is 310 Å². The van der Waals surface area contributed by atoms with Crippen LogP contribution in [0.2, 0.25) is 0 Å². The van der Waals surface area contributed by atoms with Crippen LogP contribution in [0.5, 0.6) is 0 Å². The van der Waals surface area contributed by atoms with Gasteiger partial charge < -0.3 is 29.0 Å². The number of carbonyl (C=O) groups excluding carboxylic acids is 4. The van der Waals surface area contributed by atoms with Crippen molar-refractivity contribution in [3.05, 3.63) is 0 Å². The zero-order chi connectivity index (χ0) is 52.1. The summed E-state index contributed by atoms with van der Waals surface area (Å²) in [6.45, 7) is 12.4. The first-order chi connectivity index (χ1) is 35.3. The largest absolute Gasteiger partial charge is 0.465 e. The van der Waals surface area contributed by atoms with E-state index < -0.39 is 0 Å². The minimum Gasteiger partial charge on any atom is -0.465 e. The van der Waals surface area contributed by atoms with E-state index >= 15 is 0 Å². The van der Waals surface area contributed by atoms with Crippen LogP contribution in [0.4, 0.5) is 0 Å². The summed E-state index contributed by atoms with van der Waals surface area (Å²) in [5, 5.41) is 9.70. The maximum absolute atomic E-state index is 13.3. The number of carbonyl (C=O) groups is 4. The molecule has 72 heavy (non-hydrogen) atoms. The molecule has 0 aromatic heterocycles. The topological polar surface area (TPSA) is 129 Å². The smallest absolute Gasteiger partial charge is 0.309 e. The molecule has 1 N–H and O–H groups in total. The van der Waals surface area contributed by atoms with Gasteiger partial charge in [-0.2, -0.15) is 0 Å². The molecule has 2 saturated carbocycles. The second-order valence-corrected chi connectivity index (χ2v) is 22.5. The minimum atomic E-state index is -0.131. The third-order valence-electron chi connectivity index (χ3n) is 16.0. The summed E-state index contributed by atoms with van der Waals surface area (Å²) in [5.41, 5.74) is 0. The van der Waals surface area contributed by atoms with Gasteiger partial charge in [0, 0.05) is 6.54 Å². The Balaban J connectivity index is 1.57. The van der Waals surface area contributed by atoms with E-state index in [2.05, 4.69) is 32.6 Å². The van der Waals surface area contributed by atoms with Gasteiger partial charge in [-0.1, -0.05) is 156 Å². The number of aliphatic hydroxyl groups is 1. The SMILES string of the molecule is CCCCCCCCC(CCCCCCCC)OC(=O)C1CCC(C(=O)OCCCCCN(CCO)CCCCCOC(=O)C2CCC(C(=O)OC(CCCCCCCC)CCCCCCCC)CC2)CC1. The number of aliphatic hydroxyl groups excluding tert-OH is 1. The Kier molecular flexibility index (Phi) is 42.2. The number of hydrogen-bond donors (Lipinski definition) is 1. The van der Waals surface area contributed by atoms with Gasteiger partial charge in [0.2, 0.25) is 0 Å². The second-order valence-electron chi connectivity index (χ2n) is 22.5. The zero-order valence-electron chi connectivity index (χ0n) is 47.6. The van der Waals surface area contributed by atoms with Crippen molar-refractivity contribution in [3.63, 3.8) is 0 Å². The number of nitrogens with zero attached hydrogens (tertiary/aromatic N) is 1. The molecule has 2 fully saturated rings. The van der Waals surface area contributed by atoms with Crippen molar-refractivity contribution >= 4 is 23.9 Å². The van der Waals surface area contributed by atoms with Crippen molar-refractivity contribution in [2.75, 3.05) is 39.5 Å². The van der Waals surface area contributed by atoms with E-state index in [1.807, 2.05) is 0 Å². The molecular formula is C62H115NO9. The summed E-state index contributed by atoms with van der Waals surface area (Å²) < 4.78 is 23.8. The van der Waals surface area contributed by atoms with E-state index in [1.54, 1.807) is 0 Å². The van der Waals surface area contributed by atoms with Crippen molar-refractivity contribution in [2.24, 2.45) is 23.7 Å². The zero-order valence-corrected chi connectivity index (χ0v) is 47.6. The van der Waals surface area contributed by atoms with Gasteiger partial charge in [0.25, 0.3) is 0 Å². The van der Waals surface area contributed by atoms with E-state index in [9.17, 15) is 24.3 Å². The molecule has 0 heterocycles. The highest BCUT2D eigenvalue weighted by Crippen LogP contribution is 2.33. The number of rotatable bonds is 48. The molecule has 0 spiro atoms. The molecule has 0 aromatic carbocycles. The lowest BCUT2D eigenvalue weighted by molar-refractivity contribution is -0.159. The first-order valence-corrected chi connectivity index (χ1v) is 31.3. The fourth-order valence-corrected chi connectivity index (χ4v) is 11.1. The van der Waals surface area contributed by atoms with Crippen molar-refractivity contribution < 1.29 is 43.2 Å². The molecule has 422 valence electrons. The molecule has 0 amide bonds. The lowest BCUT2D eigenvalue weighted by Gasteiger charge is -2.28. The molecule has 2 aliphatic rings. The highest BCUT2D eigenvalue weighted by atomic mass is 16.6. The van der Waals surface area contributed by atoms with Gasteiger partial charge in [-0.05, 0) is 154 Å². The van der Waals surface area contributed by atoms with Crippen LogP contribution < -0.4 is 0 Å². The molecule has 0 bridgehead atoms. The van der Waals surface area contributed by atoms with Gasteiger partial charge in [0.1, 0.15) is 12.2 Å². The Labute approximate surface area is 443 Å². The molecule has 2 aliphatic carbocycles. The highest BCUT2D eigenvalue weighted by Gasteiger charge is 2.34. The lowest BCUT2D eigenvalue weighted by atomic mass is 9.82. The summed E-state index contributed by atoms with van der Waals surface area (Å²) in [6, 6.07) is 0. The predicted octanol–water partition coefficient (Wildman–Crippen LogP) is 16.1. The summed E-state index contributed by atoms with van der Waals surface area (Å²) in [5.74, 6) is -0.820. The lowest BCUT2D eigenvalue weighted by Crippen LogP contribution is -2.30. The third-order valence-corrected chi connectivity index (χ3v) is 16.0. The van der Waals surface area contributed by atoms with Crippen LogP contribution in [-0.4, -0.2) is 85.5 Å². The van der Waals surface area contributed by atoms with Gasteiger partial charge in [0.05, 0.1) is 43.5 Å². The summed E-state index contributed by atoms with van der Waals surface area (Å²) in [4.78, 5) is 54.8. The van der Waals surface area contributed by atoms with E-state index in [0.717, 1.165) is 103 Å². The standard InChI is InChI=1S/C62H115NO9/c1-5-9-13-17-21-27-35-57(36-28-22-18-14-10-6-2)71-61(67)55-43-39-53(40-44-55)59(65)69-51-33-25-31-47-63(49-50-64)48-32-26-34-52-70-60(66)54-41-45-56(46-42-54)62(68)72-58(37-29-23-19-15-11-7-3)38-30-24-20-16-12-8-4/h53-58,64H,5-52H2,1-4H3. The first kappa shape index (κ1) is 65.9. The van der Waals surface area contributed by atoms with Gasteiger partial charge in [-0.3, -0.25) is 19.2 Å². The molecule has 0 unspecified atom stereocenters. The highest BCUT2D eigenvalue weighted by molar-refractivity contribution is 5.76. The average Bonchev–Trinajstić information content (AvgIpc) is 3.39. The fourth-order valence-electron chi connectivity index (χ4n) is 11.1. The van der Waals surface area contributed by atoms with Crippen LogP contribution >= 0.6 is 0 Å². The number of esters is 4. The Bertz CT molecular complexity index is 1170. The van der Waals surface area contributed by atoms with Crippen molar-refractivity contribution in [1.82, 2.24) is 4.90 Å². The Morgan fingerprint density at radius 3 is 0.917 bits per heavy atom. The minimum absolute atomic E-state index is 0.0254. The first-order valence-electron chi connectivity index (χ1n) is 31.3. The summed E-state index contributed by atoms with van der Waals surface area (Å²) in [6.07, 6.45) is 44.8. The van der Waals surface area contributed by atoms with Gasteiger partial charge >= 0.3 is 23.9 Å². The maximum atomic E-state index is 13.3. The molecule has 10 heteroatoms. The van der Waals surface area contributed by atoms with Crippen LogP contribution in [-0.2, 0) is 38.1 Å². The summed E-state index contributed by atoms with van der Waals surface area (Å²) in [7, 11) is 0. The van der Waals surface area contributed by atoms with Gasteiger partial charge in [0.15, 0.2) is 0 Å². The van der Waals surface area contributed by atoms with Crippen LogP contribution in [0.1, 0.15) is 297 Å². The van der Waals surface area contributed by atoms with Crippen LogP contribution in [0.3, 0.4) is 0 Å². The van der Waals surface area contributed by atoms with Crippen LogP contribution in [0, 0.1) is 23.7 Å². The Morgan fingerprint density at radius 2 is 0.625 bits per heavy atom. The van der Waals surface area contributed by atoms with Gasteiger partial charge in [-0.25, -0.2) is 0 Å².